The lowest BCUT2D eigenvalue weighted by atomic mass is 9.87. The molecule has 0 unspecified atom stereocenters. The number of carbonyl (C=O) groups excluding carboxylic acids is 1. The van der Waals surface area contributed by atoms with E-state index >= 15 is 0 Å². The number of hydrogen-bond acceptors (Lipinski definition) is 3. The molecule has 0 fully saturated rings. The molecule has 0 bridgehead atoms. The average molecular weight is 293 g/mol. The van der Waals surface area contributed by atoms with Crippen LogP contribution in [0.3, 0.4) is 0 Å². The molecule has 0 spiro atoms. The van der Waals surface area contributed by atoms with E-state index in [2.05, 4.69) is 11.4 Å². The maximum atomic E-state index is 11.8. The molecule has 3 nitrogen and oxygen atoms in total. The fraction of sp³-hybridized carbons (Fsp3) is 0.286. The first kappa shape index (κ1) is 14.0. The monoisotopic (exact) mass is 292 g/mol. The van der Waals surface area contributed by atoms with Gasteiger partial charge in [0, 0.05) is 17.4 Å². The minimum absolute atomic E-state index is 0.0696. The smallest absolute Gasteiger partial charge is 0.225 e. The third-order valence-electron chi connectivity index (χ3n) is 2.93. The third kappa shape index (κ3) is 2.94. The number of nitrogens with one attached hydrogen (secondary N) is 1. The molecule has 98 valence electrons. The summed E-state index contributed by atoms with van der Waals surface area (Å²) in [6.07, 6.45) is 0.264. The first-order valence-corrected chi connectivity index (χ1v) is 7.35. The Labute approximate surface area is 121 Å². The lowest BCUT2D eigenvalue weighted by Gasteiger charge is -2.25. The van der Waals surface area contributed by atoms with Gasteiger partial charge in [-0.05, 0) is 17.4 Å². The van der Waals surface area contributed by atoms with Gasteiger partial charge in [0.15, 0.2) is 0 Å². The van der Waals surface area contributed by atoms with Gasteiger partial charge in [-0.1, -0.05) is 36.7 Å². The molecule has 1 aliphatic heterocycles. The van der Waals surface area contributed by atoms with E-state index in [0.717, 1.165) is 11.3 Å². The van der Waals surface area contributed by atoms with Crippen molar-refractivity contribution in [2.45, 2.75) is 19.3 Å². The van der Waals surface area contributed by atoms with Crippen LogP contribution in [0.15, 0.2) is 34.9 Å². The second kappa shape index (κ2) is 6.14. The summed E-state index contributed by atoms with van der Waals surface area (Å²) >= 11 is 7.66. The summed E-state index contributed by atoms with van der Waals surface area (Å²) in [6.45, 7) is 1.98. The van der Waals surface area contributed by atoms with Gasteiger partial charge in [-0.3, -0.25) is 4.79 Å². The molecule has 0 saturated carbocycles. The molecule has 1 atom stereocenters. The van der Waals surface area contributed by atoms with E-state index in [0.29, 0.717) is 15.6 Å². The maximum absolute atomic E-state index is 11.8. The van der Waals surface area contributed by atoms with Crippen molar-refractivity contribution in [3.05, 3.63) is 45.5 Å². The largest absolute Gasteiger partial charge is 0.320 e. The van der Waals surface area contributed by atoms with Crippen molar-refractivity contribution in [1.29, 1.82) is 5.26 Å². The molecule has 1 amide bonds. The van der Waals surface area contributed by atoms with Crippen LogP contribution < -0.4 is 5.32 Å². The first-order valence-electron chi connectivity index (χ1n) is 5.98. The molecule has 1 aliphatic rings. The van der Waals surface area contributed by atoms with Gasteiger partial charge < -0.3 is 5.32 Å². The number of halogens is 1. The van der Waals surface area contributed by atoms with Gasteiger partial charge >= 0.3 is 0 Å². The van der Waals surface area contributed by atoms with Crippen LogP contribution in [0.4, 0.5) is 0 Å². The second-order valence-electron chi connectivity index (χ2n) is 4.11. The highest BCUT2D eigenvalue weighted by atomic mass is 35.5. The van der Waals surface area contributed by atoms with Crippen LogP contribution in [0.25, 0.3) is 0 Å². The Balaban J connectivity index is 2.49. The average Bonchev–Trinajstić information content (AvgIpc) is 2.39. The van der Waals surface area contributed by atoms with E-state index in [9.17, 15) is 10.1 Å². The maximum Gasteiger partial charge on any atom is 0.225 e. The summed E-state index contributed by atoms with van der Waals surface area (Å²) in [4.78, 5) is 11.8. The highest BCUT2D eigenvalue weighted by Crippen LogP contribution is 2.38. The number of allylic oxidation sites excluding steroid dienone is 1. The fourth-order valence-electron chi connectivity index (χ4n) is 2.10. The molecule has 2 rings (SSSR count). The first-order chi connectivity index (χ1) is 9.17. The minimum Gasteiger partial charge on any atom is -0.320 e. The molecule has 0 radical (unpaired) electrons. The Morgan fingerprint density at radius 1 is 1.53 bits per heavy atom. The molecule has 0 saturated heterocycles. The topological polar surface area (TPSA) is 52.9 Å². The van der Waals surface area contributed by atoms with Gasteiger partial charge in [0.1, 0.15) is 0 Å². The number of carbonyl (C=O) groups is 1. The van der Waals surface area contributed by atoms with Gasteiger partial charge in [-0.15, -0.1) is 11.8 Å². The van der Waals surface area contributed by atoms with Crippen molar-refractivity contribution < 1.29 is 4.79 Å². The van der Waals surface area contributed by atoms with Gasteiger partial charge in [0.2, 0.25) is 5.91 Å². The Morgan fingerprint density at radius 2 is 2.26 bits per heavy atom. The van der Waals surface area contributed by atoms with Crippen molar-refractivity contribution in [3.63, 3.8) is 0 Å². The molecule has 1 aromatic rings. The van der Waals surface area contributed by atoms with E-state index in [1.807, 2.05) is 25.1 Å². The molecular weight excluding hydrogens is 280 g/mol. The van der Waals surface area contributed by atoms with E-state index in [4.69, 9.17) is 11.6 Å². The van der Waals surface area contributed by atoms with Gasteiger partial charge in [-0.2, -0.15) is 5.26 Å². The molecule has 5 heteroatoms. The summed E-state index contributed by atoms with van der Waals surface area (Å²) in [5, 5.41) is 13.4. The Bertz CT molecular complexity index is 577. The SMILES string of the molecule is CCSC1=C(C#N)[C@H](c2ccccc2Cl)CC(=O)N1. The number of hydrogen-bond donors (Lipinski definition) is 1. The number of thioether (sulfide) groups is 1. The highest BCUT2D eigenvalue weighted by Gasteiger charge is 2.30. The molecule has 0 aliphatic carbocycles. The highest BCUT2D eigenvalue weighted by molar-refractivity contribution is 8.03. The second-order valence-corrected chi connectivity index (χ2v) is 5.80. The van der Waals surface area contributed by atoms with Crippen molar-refractivity contribution in [1.82, 2.24) is 5.32 Å². The lowest BCUT2D eigenvalue weighted by Crippen LogP contribution is -2.31. The zero-order valence-electron chi connectivity index (χ0n) is 10.4. The Kier molecular flexibility index (Phi) is 4.52. The number of benzene rings is 1. The van der Waals surface area contributed by atoms with Gasteiger partial charge in [-0.25, -0.2) is 0 Å². The summed E-state index contributed by atoms with van der Waals surface area (Å²) in [7, 11) is 0. The summed E-state index contributed by atoms with van der Waals surface area (Å²) in [5.41, 5.74) is 1.43. The predicted molar refractivity (Wildman–Crippen MR) is 77.7 cm³/mol. The molecular formula is C14H13ClN2OS. The number of nitrogens with zero attached hydrogens (tertiary/aromatic N) is 1. The zero-order chi connectivity index (χ0) is 13.8. The van der Waals surface area contributed by atoms with E-state index < -0.39 is 0 Å². The van der Waals surface area contributed by atoms with E-state index in [1.54, 1.807) is 6.07 Å². The normalized spacial score (nSPS) is 19.0. The van der Waals surface area contributed by atoms with Crippen LogP contribution in [0.2, 0.25) is 5.02 Å². The molecule has 1 N–H and O–H groups in total. The predicted octanol–water partition coefficient (Wildman–Crippen LogP) is 3.43. The number of amides is 1. The lowest BCUT2D eigenvalue weighted by molar-refractivity contribution is -0.120. The molecule has 0 aromatic heterocycles. The van der Waals surface area contributed by atoms with Crippen molar-refractivity contribution >= 4 is 29.3 Å². The van der Waals surface area contributed by atoms with Crippen LogP contribution in [0, 0.1) is 11.3 Å². The van der Waals surface area contributed by atoms with Crippen LogP contribution in [-0.2, 0) is 4.79 Å². The number of nitriles is 1. The van der Waals surface area contributed by atoms with E-state index in [1.165, 1.54) is 11.8 Å². The van der Waals surface area contributed by atoms with E-state index in [-0.39, 0.29) is 18.2 Å². The zero-order valence-corrected chi connectivity index (χ0v) is 12.0. The minimum atomic E-state index is -0.249. The van der Waals surface area contributed by atoms with Crippen LogP contribution in [0.5, 0.6) is 0 Å². The van der Waals surface area contributed by atoms with Crippen LogP contribution in [-0.4, -0.2) is 11.7 Å². The van der Waals surface area contributed by atoms with Crippen molar-refractivity contribution in [3.8, 4) is 6.07 Å². The molecule has 1 aromatic carbocycles. The quantitative estimate of drug-likeness (QED) is 0.928. The Hall–Kier alpha value is -1.44. The Morgan fingerprint density at radius 3 is 2.89 bits per heavy atom. The van der Waals surface area contributed by atoms with Crippen molar-refractivity contribution in [2.24, 2.45) is 0 Å². The van der Waals surface area contributed by atoms with Crippen LogP contribution >= 0.6 is 23.4 Å². The summed E-state index contributed by atoms with van der Waals surface area (Å²) in [6, 6.07) is 9.59. The van der Waals surface area contributed by atoms with Crippen molar-refractivity contribution in [2.75, 3.05) is 5.75 Å². The molecule has 19 heavy (non-hydrogen) atoms. The van der Waals surface area contributed by atoms with Gasteiger partial charge in [0.25, 0.3) is 0 Å². The van der Waals surface area contributed by atoms with Crippen LogP contribution in [0.1, 0.15) is 24.8 Å². The van der Waals surface area contributed by atoms with Gasteiger partial charge in [0.05, 0.1) is 16.7 Å². The third-order valence-corrected chi connectivity index (χ3v) is 4.17. The summed E-state index contributed by atoms with van der Waals surface area (Å²) in [5.74, 6) is 0.483. The summed E-state index contributed by atoms with van der Waals surface area (Å²) < 4.78 is 0. The number of rotatable bonds is 3. The molecule has 1 heterocycles. The fourth-order valence-corrected chi connectivity index (χ4v) is 3.19. The standard InChI is InChI=1S/C14H13ClN2OS/c1-2-19-14-11(8-16)10(7-13(18)17-14)9-5-3-4-6-12(9)15/h3-6,10H,2,7H2,1H3,(H,17,18)/t10-/m0/s1.